The third kappa shape index (κ3) is 3.65. The number of amides is 1. The molecule has 0 saturated heterocycles. The van der Waals surface area contributed by atoms with Crippen molar-refractivity contribution in [3.05, 3.63) is 71.0 Å². The SMILES string of the molecule is COCc1ccc(C(=O)NCc2ccccc2F)cc1. The molecule has 2 rings (SSSR count). The second-order valence-corrected chi connectivity index (χ2v) is 4.40. The van der Waals surface area contributed by atoms with Crippen molar-refractivity contribution in [1.82, 2.24) is 5.32 Å². The van der Waals surface area contributed by atoms with Gasteiger partial charge in [-0.2, -0.15) is 0 Å². The molecule has 0 aliphatic carbocycles. The Labute approximate surface area is 117 Å². The molecule has 0 spiro atoms. The Bertz CT molecular complexity index is 581. The summed E-state index contributed by atoms with van der Waals surface area (Å²) in [6.45, 7) is 0.683. The minimum atomic E-state index is -0.316. The summed E-state index contributed by atoms with van der Waals surface area (Å²) in [5, 5.41) is 2.70. The highest BCUT2D eigenvalue weighted by Crippen LogP contribution is 2.08. The standard InChI is InChI=1S/C16H16FNO2/c1-20-11-12-6-8-13(9-7-12)16(19)18-10-14-4-2-3-5-15(14)17/h2-9H,10-11H2,1H3,(H,18,19). The van der Waals surface area contributed by atoms with Gasteiger partial charge in [0, 0.05) is 24.8 Å². The van der Waals surface area contributed by atoms with Gasteiger partial charge in [-0.05, 0) is 23.8 Å². The fraction of sp³-hybridized carbons (Fsp3) is 0.188. The van der Waals surface area contributed by atoms with Crippen LogP contribution in [0.2, 0.25) is 0 Å². The van der Waals surface area contributed by atoms with E-state index in [1.807, 2.05) is 12.1 Å². The van der Waals surface area contributed by atoms with Crippen molar-refractivity contribution in [2.45, 2.75) is 13.2 Å². The first-order valence-electron chi connectivity index (χ1n) is 6.30. The molecule has 20 heavy (non-hydrogen) atoms. The van der Waals surface area contributed by atoms with E-state index in [1.165, 1.54) is 6.07 Å². The van der Waals surface area contributed by atoms with Gasteiger partial charge in [-0.25, -0.2) is 4.39 Å². The van der Waals surface area contributed by atoms with Crippen molar-refractivity contribution in [2.75, 3.05) is 7.11 Å². The molecule has 0 aliphatic rings. The number of benzene rings is 2. The van der Waals surface area contributed by atoms with Crippen molar-refractivity contribution in [3.63, 3.8) is 0 Å². The third-order valence-corrected chi connectivity index (χ3v) is 2.92. The monoisotopic (exact) mass is 273 g/mol. The Balaban J connectivity index is 1.96. The number of nitrogens with one attached hydrogen (secondary N) is 1. The number of hydrogen-bond donors (Lipinski definition) is 1. The topological polar surface area (TPSA) is 38.3 Å². The van der Waals surface area contributed by atoms with Gasteiger partial charge < -0.3 is 10.1 Å². The maximum absolute atomic E-state index is 13.4. The van der Waals surface area contributed by atoms with Gasteiger partial charge in [0.1, 0.15) is 5.82 Å². The van der Waals surface area contributed by atoms with E-state index < -0.39 is 0 Å². The van der Waals surface area contributed by atoms with E-state index in [2.05, 4.69) is 5.32 Å². The molecule has 1 N–H and O–H groups in total. The lowest BCUT2D eigenvalue weighted by atomic mass is 10.1. The predicted octanol–water partition coefficient (Wildman–Crippen LogP) is 2.90. The zero-order valence-corrected chi connectivity index (χ0v) is 11.2. The summed E-state index contributed by atoms with van der Waals surface area (Å²) in [6, 6.07) is 13.5. The molecular formula is C16H16FNO2. The fourth-order valence-corrected chi connectivity index (χ4v) is 1.84. The maximum atomic E-state index is 13.4. The first-order chi connectivity index (χ1) is 9.70. The molecule has 0 radical (unpaired) electrons. The summed E-state index contributed by atoms with van der Waals surface area (Å²) in [5.41, 5.74) is 2.01. The lowest BCUT2D eigenvalue weighted by molar-refractivity contribution is 0.0950. The molecule has 104 valence electrons. The average molecular weight is 273 g/mol. The third-order valence-electron chi connectivity index (χ3n) is 2.92. The van der Waals surface area contributed by atoms with Crippen LogP contribution in [0.15, 0.2) is 48.5 Å². The maximum Gasteiger partial charge on any atom is 0.251 e. The van der Waals surface area contributed by atoms with Crippen molar-refractivity contribution >= 4 is 5.91 Å². The number of methoxy groups -OCH3 is 1. The number of hydrogen-bond acceptors (Lipinski definition) is 2. The molecule has 0 heterocycles. The number of carbonyl (C=O) groups excluding carboxylic acids is 1. The number of rotatable bonds is 5. The highest BCUT2D eigenvalue weighted by molar-refractivity contribution is 5.94. The Morgan fingerprint density at radius 2 is 1.85 bits per heavy atom. The fourth-order valence-electron chi connectivity index (χ4n) is 1.84. The van der Waals surface area contributed by atoms with Crippen LogP contribution in [-0.4, -0.2) is 13.0 Å². The van der Waals surface area contributed by atoms with Gasteiger partial charge >= 0.3 is 0 Å². The Morgan fingerprint density at radius 1 is 1.15 bits per heavy atom. The molecule has 0 fully saturated rings. The first kappa shape index (κ1) is 14.2. The van der Waals surface area contributed by atoms with Crippen molar-refractivity contribution < 1.29 is 13.9 Å². The highest BCUT2D eigenvalue weighted by Gasteiger charge is 2.07. The van der Waals surface area contributed by atoms with Crippen LogP contribution in [0.1, 0.15) is 21.5 Å². The lowest BCUT2D eigenvalue weighted by Gasteiger charge is -2.07. The largest absolute Gasteiger partial charge is 0.380 e. The second-order valence-electron chi connectivity index (χ2n) is 4.40. The number of halogens is 1. The van der Waals surface area contributed by atoms with Gasteiger partial charge in [-0.15, -0.1) is 0 Å². The summed E-state index contributed by atoms with van der Waals surface area (Å²) in [7, 11) is 1.62. The molecule has 0 saturated carbocycles. The van der Waals surface area contributed by atoms with Crippen LogP contribution in [-0.2, 0) is 17.9 Å². The number of carbonyl (C=O) groups is 1. The van der Waals surface area contributed by atoms with Gasteiger partial charge in [0.05, 0.1) is 6.61 Å². The van der Waals surface area contributed by atoms with Gasteiger partial charge in [0.25, 0.3) is 5.91 Å². The minimum absolute atomic E-state index is 0.172. The van der Waals surface area contributed by atoms with E-state index in [9.17, 15) is 9.18 Å². The molecular weight excluding hydrogens is 257 g/mol. The van der Waals surface area contributed by atoms with Gasteiger partial charge in [0.15, 0.2) is 0 Å². The summed E-state index contributed by atoms with van der Waals surface area (Å²) in [5.74, 6) is -0.541. The molecule has 2 aromatic carbocycles. The normalized spacial score (nSPS) is 10.3. The van der Waals surface area contributed by atoms with Crippen molar-refractivity contribution in [1.29, 1.82) is 0 Å². The zero-order chi connectivity index (χ0) is 14.4. The molecule has 0 aromatic heterocycles. The minimum Gasteiger partial charge on any atom is -0.380 e. The van der Waals surface area contributed by atoms with Gasteiger partial charge in [-0.3, -0.25) is 4.79 Å². The lowest BCUT2D eigenvalue weighted by Crippen LogP contribution is -2.23. The summed E-state index contributed by atoms with van der Waals surface area (Å²) >= 11 is 0. The quantitative estimate of drug-likeness (QED) is 0.909. The Morgan fingerprint density at radius 3 is 2.50 bits per heavy atom. The molecule has 0 unspecified atom stereocenters. The molecule has 0 atom stereocenters. The van der Waals surface area contributed by atoms with Gasteiger partial charge in [0.2, 0.25) is 0 Å². The second kappa shape index (κ2) is 6.82. The van der Waals surface area contributed by atoms with Crippen LogP contribution < -0.4 is 5.32 Å². The van der Waals surface area contributed by atoms with E-state index in [4.69, 9.17) is 4.74 Å². The Hall–Kier alpha value is -2.20. The first-order valence-corrected chi connectivity index (χ1v) is 6.30. The van der Waals surface area contributed by atoms with Crippen LogP contribution in [0.3, 0.4) is 0 Å². The summed E-state index contributed by atoms with van der Waals surface area (Å²) < 4.78 is 18.4. The zero-order valence-electron chi connectivity index (χ0n) is 11.2. The highest BCUT2D eigenvalue weighted by atomic mass is 19.1. The predicted molar refractivity (Wildman–Crippen MR) is 74.7 cm³/mol. The van der Waals surface area contributed by atoms with E-state index in [0.29, 0.717) is 17.7 Å². The van der Waals surface area contributed by atoms with E-state index in [1.54, 1.807) is 37.4 Å². The smallest absolute Gasteiger partial charge is 0.251 e. The van der Waals surface area contributed by atoms with Crippen LogP contribution in [0.5, 0.6) is 0 Å². The van der Waals surface area contributed by atoms with Crippen molar-refractivity contribution in [3.8, 4) is 0 Å². The van der Waals surface area contributed by atoms with Crippen LogP contribution in [0.4, 0.5) is 4.39 Å². The van der Waals surface area contributed by atoms with Crippen LogP contribution in [0.25, 0.3) is 0 Å². The van der Waals surface area contributed by atoms with E-state index in [0.717, 1.165) is 5.56 Å². The summed E-state index contributed by atoms with van der Waals surface area (Å²) in [6.07, 6.45) is 0. The van der Waals surface area contributed by atoms with Gasteiger partial charge in [-0.1, -0.05) is 30.3 Å². The Kier molecular flexibility index (Phi) is 4.85. The number of ether oxygens (including phenoxy) is 1. The van der Waals surface area contributed by atoms with Crippen LogP contribution in [0, 0.1) is 5.82 Å². The molecule has 0 aliphatic heterocycles. The molecule has 1 amide bonds. The molecule has 4 heteroatoms. The summed E-state index contributed by atoms with van der Waals surface area (Å²) in [4.78, 5) is 11.9. The molecule has 0 bridgehead atoms. The molecule has 2 aromatic rings. The van der Waals surface area contributed by atoms with Crippen molar-refractivity contribution in [2.24, 2.45) is 0 Å². The van der Waals surface area contributed by atoms with E-state index >= 15 is 0 Å². The molecule has 3 nitrogen and oxygen atoms in total. The van der Waals surface area contributed by atoms with Crippen LogP contribution >= 0.6 is 0 Å². The average Bonchev–Trinajstić information content (AvgIpc) is 2.47. The van der Waals surface area contributed by atoms with E-state index in [-0.39, 0.29) is 18.3 Å².